The van der Waals surface area contributed by atoms with Gasteiger partial charge in [-0.25, -0.2) is 0 Å². The van der Waals surface area contributed by atoms with E-state index in [0.29, 0.717) is 17.5 Å². The van der Waals surface area contributed by atoms with Crippen molar-refractivity contribution in [1.82, 2.24) is 4.90 Å². The molecule has 1 heterocycles. The van der Waals surface area contributed by atoms with Gasteiger partial charge in [0, 0.05) is 24.8 Å². The van der Waals surface area contributed by atoms with Crippen LogP contribution in [-0.4, -0.2) is 37.4 Å². The molecule has 1 aliphatic rings. The number of hydrogen-bond donors (Lipinski definition) is 0. The number of carbonyl (C=O) groups is 1. The highest BCUT2D eigenvalue weighted by atomic mass is 35.5. The number of nitrogens with zero attached hydrogens (tertiary/aromatic N) is 3. The summed E-state index contributed by atoms with van der Waals surface area (Å²) in [5.41, 5.74) is 0.919. The first-order chi connectivity index (χ1) is 7.63. The summed E-state index contributed by atoms with van der Waals surface area (Å²) in [4.78, 5) is 19.1. The van der Waals surface area contributed by atoms with Gasteiger partial charge in [-0.2, -0.15) is 0 Å². The summed E-state index contributed by atoms with van der Waals surface area (Å²) in [6.45, 7) is 0.324. The van der Waals surface area contributed by atoms with Crippen LogP contribution in [0.15, 0.2) is 29.3 Å². The monoisotopic (exact) mass is 237 g/mol. The summed E-state index contributed by atoms with van der Waals surface area (Å²) in [5, 5.41) is 0.678. The van der Waals surface area contributed by atoms with Gasteiger partial charge in [-0.15, -0.1) is 0 Å². The number of benzene rings is 1. The third-order valence-corrected chi connectivity index (χ3v) is 2.80. The van der Waals surface area contributed by atoms with E-state index in [1.54, 1.807) is 31.1 Å². The van der Waals surface area contributed by atoms with Crippen LogP contribution in [0.5, 0.6) is 0 Å². The van der Waals surface area contributed by atoms with E-state index in [1.165, 1.54) is 0 Å². The minimum Gasteiger partial charge on any atom is -0.303 e. The first kappa shape index (κ1) is 11.0. The Kier molecular flexibility index (Phi) is 2.83. The average molecular weight is 238 g/mol. The molecule has 1 aromatic carbocycles. The van der Waals surface area contributed by atoms with Crippen LogP contribution < -0.4 is 4.90 Å². The zero-order chi connectivity index (χ0) is 11.7. The number of hydrogen-bond acceptors (Lipinski definition) is 2. The highest BCUT2D eigenvalue weighted by Crippen LogP contribution is 2.22. The topological polar surface area (TPSA) is 35.9 Å². The lowest BCUT2D eigenvalue weighted by molar-refractivity contribution is -0.123. The largest absolute Gasteiger partial charge is 0.303 e. The SMILES string of the molecule is CN=C1N(C)C(=O)CN1c1ccc(Cl)cc1. The maximum atomic E-state index is 11.6. The molecule has 0 spiro atoms. The van der Waals surface area contributed by atoms with Crippen LogP contribution in [0.25, 0.3) is 0 Å². The molecule has 0 atom stereocenters. The van der Waals surface area contributed by atoms with Crippen molar-refractivity contribution in [2.75, 3.05) is 25.5 Å². The lowest BCUT2D eigenvalue weighted by Crippen LogP contribution is -2.31. The predicted octanol–water partition coefficient (Wildman–Crippen LogP) is 1.60. The van der Waals surface area contributed by atoms with Crippen molar-refractivity contribution >= 4 is 29.2 Å². The normalized spacial score (nSPS) is 18.7. The van der Waals surface area contributed by atoms with Gasteiger partial charge in [0.15, 0.2) is 0 Å². The van der Waals surface area contributed by atoms with Gasteiger partial charge in [0.2, 0.25) is 11.9 Å². The molecule has 1 saturated heterocycles. The van der Waals surface area contributed by atoms with E-state index in [9.17, 15) is 4.79 Å². The fourth-order valence-electron chi connectivity index (χ4n) is 1.70. The molecular formula is C11H12ClN3O. The molecule has 0 N–H and O–H groups in total. The molecule has 0 saturated carbocycles. The molecule has 0 radical (unpaired) electrons. The first-order valence-corrected chi connectivity index (χ1v) is 5.27. The van der Waals surface area contributed by atoms with Crippen LogP contribution in [0.2, 0.25) is 5.02 Å². The van der Waals surface area contributed by atoms with Crippen LogP contribution in [-0.2, 0) is 4.79 Å². The maximum Gasteiger partial charge on any atom is 0.249 e. The smallest absolute Gasteiger partial charge is 0.249 e. The second-order valence-corrected chi connectivity index (χ2v) is 3.98. The van der Waals surface area contributed by atoms with Crippen molar-refractivity contribution in [2.24, 2.45) is 4.99 Å². The van der Waals surface area contributed by atoms with Gasteiger partial charge in [-0.05, 0) is 24.3 Å². The van der Waals surface area contributed by atoms with Crippen molar-refractivity contribution in [3.63, 3.8) is 0 Å². The quantitative estimate of drug-likeness (QED) is 0.744. The molecule has 0 unspecified atom stereocenters. The van der Waals surface area contributed by atoms with E-state index in [-0.39, 0.29) is 5.91 Å². The molecule has 1 aliphatic heterocycles. The Hall–Kier alpha value is -1.55. The molecule has 4 nitrogen and oxygen atoms in total. The summed E-state index contributed by atoms with van der Waals surface area (Å²) in [6.07, 6.45) is 0. The Morgan fingerprint density at radius 3 is 2.50 bits per heavy atom. The van der Waals surface area contributed by atoms with Gasteiger partial charge in [0.1, 0.15) is 6.54 Å². The van der Waals surface area contributed by atoms with E-state index in [1.807, 2.05) is 17.0 Å². The lowest BCUT2D eigenvalue weighted by atomic mass is 10.3. The molecular weight excluding hydrogens is 226 g/mol. The second kappa shape index (κ2) is 4.14. The number of likely N-dealkylation sites (N-methyl/N-ethyl adjacent to an activating group) is 1. The summed E-state index contributed by atoms with van der Waals surface area (Å²) in [6, 6.07) is 7.35. The van der Waals surface area contributed by atoms with Gasteiger partial charge in [0.25, 0.3) is 0 Å². The molecule has 0 aliphatic carbocycles. The van der Waals surface area contributed by atoms with E-state index < -0.39 is 0 Å². The van der Waals surface area contributed by atoms with Crippen molar-refractivity contribution in [3.05, 3.63) is 29.3 Å². The van der Waals surface area contributed by atoms with E-state index in [0.717, 1.165) is 5.69 Å². The summed E-state index contributed by atoms with van der Waals surface area (Å²) < 4.78 is 0. The molecule has 1 amide bonds. The van der Waals surface area contributed by atoms with Crippen molar-refractivity contribution in [3.8, 4) is 0 Å². The Morgan fingerprint density at radius 2 is 1.94 bits per heavy atom. The molecule has 5 heteroatoms. The number of halogens is 1. The standard InChI is InChI=1S/C11H12ClN3O/c1-13-11-14(2)10(16)7-15(11)9-5-3-8(12)4-6-9/h3-6H,7H2,1-2H3. The Morgan fingerprint density at radius 1 is 1.31 bits per heavy atom. The zero-order valence-corrected chi connectivity index (χ0v) is 9.90. The van der Waals surface area contributed by atoms with E-state index >= 15 is 0 Å². The van der Waals surface area contributed by atoms with Gasteiger partial charge in [-0.1, -0.05) is 11.6 Å². The van der Waals surface area contributed by atoms with Crippen LogP contribution in [0.4, 0.5) is 5.69 Å². The second-order valence-electron chi connectivity index (χ2n) is 3.54. The lowest BCUT2D eigenvalue weighted by Gasteiger charge is -2.18. The average Bonchev–Trinajstić information content (AvgIpc) is 2.56. The summed E-state index contributed by atoms with van der Waals surface area (Å²) >= 11 is 5.82. The fraction of sp³-hybridized carbons (Fsp3) is 0.273. The Bertz CT molecular complexity index is 441. The molecule has 0 aromatic heterocycles. The maximum absolute atomic E-state index is 11.6. The van der Waals surface area contributed by atoms with Gasteiger partial charge >= 0.3 is 0 Å². The highest BCUT2D eigenvalue weighted by Gasteiger charge is 2.31. The van der Waals surface area contributed by atoms with Gasteiger partial charge in [0.05, 0.1) is 0 Å². The molecule has 1 aromatic rings. The highest BCUT2D eigenvalue weighted by molar-refractivity contribution is 6.30. The van der Waals surface area contributed by atoms with Crippen LogP contribution in [0.3, 0.4) is 0 Å². The Labute approximate surface area is 99.1 Å². The number of rotatable bonds is 1. The van der Waals surface area contributed by atoms with E-state index in [4.69, 9.17) is 11.6 Å². The van der Waals surface area contributed by atoms with Gasteiger partial charge in [-0.3, -0.25) is 14.7 Å². The number of guanidine groups is 1. The van der Waals surface area contributed by atoms with Crippen molar-refractivity contribution < 1.29 is 4.79 Å². The third kappa shape index (κ3) is 1.76. The molecule has 84 valence electrons. The van der Waals surface area contributed by atoms with Crippen molar-refractivity contribution in [1.29, 1.82) is 0 Å². The minimum absolute atomic E-state index is 0.0375. The molecule has 1 fully saturated rings. The fourth-order valence-corrected chi connectivity index (χ4v) is 1.83. The predicted molar refractivity (Wildman–Crippen MR) is 64.9 cm³/mol. The van der Waals surface area contributed by atoms with Crippen molar-refractivity contribution in [2.45, 2.75) is 0 Å². The number of anilines is 1. The van der Waals surface area contributed by atoms with E-state index in [2.05, 4.69) is 4.99 Å². The number of amides is 1. The molecule has 16 heavy (non-hydrogen) atoms. The third-order valence-electron chi connectivity index (χ3n) is 2.55. The number of aliphatic imine (C=N–C) groups is 1. The van der Waals surface area contributed by atoms with Crippen LogP contribution >= 0.6 is 11.6 Å². The molecule has 2 rings (SSSR count). The van der Waals surface area contributed by atoms with Gasteiger partial charge < -0.3 is 4.90 Å². The molecule has 0 bridgehead atoms. The minimum atomic E-state index is 0.0375. The zero-order valence-electron chi connectivity index (χ0n) is 9.14. The van der Waals surface area contributed by atoms with Crippen LogP contribution in [0.1, 0.15) is 0 Å². The number of carbonyl (C=O) groups excluding carboxylic acids is 1. The summed E-state index contributed by atoms with van der Waals surface area (Å²) in [7, 11) is 3.40. The first-order valence-electron chi connectivity index (χ1n) is 4.90. The van der Waals surface area contributed by atoms with Crippen LogP contribution in [0, 0.1) is 0 Å². The summed E-state index contributed by atoms with van der Waals surface area (Å²) in [5.74, 6) is 0.697. The Balaban J connectivity index is 2.35.